The fourth-order valence-corrected chi connectivity index (χ4v) is 5.88. The molecular formula is C17H21N5O2S2. The highest BCUT2D eigenvalue weighted by Crippen LogP contribution is 2.26. The highest BCUT2D eigenvalue weighted by atomic mass is 32.2. The summed E-state index contributed by atoms with van der Waals surface area (Å²) in [7, 11) is -3.46. The molecule has 0 bridgehead atoms. The van der Waals surface area contributed by atoms with E-state index in [1.807, 2.05) is 39.1 Å². The van der Waals surface area contributed by atoms with Crippen molar-refractivity contribution in [2.75, 3.05) is 31.1 Å². The van der Waals surface area contributed by atoms with Gasteiger partial charge in [-0.05, 0) is 32.4 Å². The van der Waals surface area contributed by atoms with Crippen LogP contribution in [0.2, 0.25) is 0 Å². The highest BCUT2D eigenvalue weighted by molar-refractivity contribution is 7.89. The van der Waals surface area contributed by atoms with Gasteiger partial charge in [0.25, 0.3) is 0 Å². The largest absolute Gasteiger partial charge is 0.344 e. The lowest BCUT2D eigenvalue weighted by atomic mass is 10.2. The molecule has 7 nitrogen and oxygen atoms in total. The number of anilines is 1. The average Bonchev–Trinajstić information content (AvgIpc) is 3.12. The van der Waals surface area contributed by atoms with E-state index in [-0.39, 0.29) is 0 Å². The summed E-state index contributed by atoms with van der Waals surface area (Å²) in [4.78, 5) is 7.82. The number of nitrogens with zero attached hydrogens (tertiary/aromatic N) is 5. The normalized spacial score (nSPS) is 16.5. The first-order valence-corrected chi connectivity index (χ1v) is 10.8. The number of aromatic nitrogens is 3. The summed E-state index contributed by atoms with van der Waals surface area (Å²) >= 11 is 1.53. The van der Waals surface area contributed by atoms with Crippen molar-refractivity contribution >= 4 is 31.5 Å². The predicted molar refractivity (Wildman–Crippen MR) is 102 cm³/mol. The number of piperazine rings is 1. The highest BCUT2D eigenvalue weighted by Gasteiger charge is 2.30. The van der Waals surface area contributed by atoms with E-state index in [0.29, 0.717) is 31.1 Å². The van der Waals surface area contributed by atoms with Crippen LogP contribution >= 0.6 is 11.3 Å². The number of fused-ring (bicyclic) bond motifs is 1. The van der Waals surface area contributed by atoms with E-state index in [4.69, 9.17) is 0 Å². The fraction of sp³-hybridized carbons (Fsp3) is 0.412. The van der Waals surface area contributed by atoms with Gasteiger partial charge >= 0.3 is 0 Å². The fourth-order valence-electron chi connectivity index (χ4n) is 3.27. The number of aryl methyl sites for hydroxylation is 3. The van der Waals surface area contributed by atoms with E-state index in [1.54, 1.807) is 14.9 Å². The average molecular weight is 392 g/mol. The van der Waals surface area contributed by atoms with Crippen molar-refractivity contribution in [1.29, 1.82) is 0 Å². The van der Waals surface area contributed by atoms with Gasteiger partial charge in [-0.1, -0.05) is 29.0 Å². The molecule has 0 atom stereocenters. The maximum Gasteiger partial charge on any atom is 0.243 e. The van der Waals surface area contributed by atoms with E-state index >= 15 is 0 Å². The minimum absolute atomic E-state index is 0.403. The van der Waals surface area contributed by atoms with E-state index in [9.17, 15) is 8.42 Å². The zero-order chi connectivity index (χ0) is 18.5. The Morgan fingerprint density at radius 1 is 1.08 bits per heavy atom. The lowest BCUT2D eigenvalue weighted by Crippen LogP contribution is -2.48. The molecule has 0 saturated carbocycles. The molecule has 2 aromatic heterocycles. The summed E-state index contributed by atoms with van der Waals surface area (Å²) in [6.07, 6.45) is 1.90. The Bertz CT molecular complexity index is 1030. The van der Waals surface area contributed by atoms with Gasteiger partial charge in [0.1, 0.15) is 0 Å². The molecule has 0 N–H and O–H groups in total. The van der Waals surface area contributed by atoms with Crippen molar-refractivity contribution in [3.05, 3.63) is 41.2 Å². The topological polar surface area (TPSA) is 70.8 Å². The lowest BCUT2D eigenvalue weighted by Gasteiger charge is -2.33. The Balaban J connectivity index is 1.51. The Labute approximate surface area is 156 Å². The second-order valence-electron chi connectivity index (χ2n) is 6.65. The number of imidazole rings is 1. The van der Waals surface area contributed by atoms with Gasteiger partial charge in [-0.25, -0.2) is 17.9 Å². The van der Waals surface area contributed by atoms with Gasteiger partial charge in [0, 0.05) is 26.2 Å². The van der Waals surface area contributed by atoms with Gasteiger partial charge in [-0.2, -0.15) is 4.31 Å². The summed E-state index contributed by atoms with van der Waals surface area (Å²) in [5.41, 5.74) is 2.80. The summed E-state index contributed by atoms with van der Waals surface area (Å²) in [5.74, 6) is 0. The van der Waals surface area contributed by atoms with Gasteiger partial charge in [0.05, 0.1) is 16.8 Å². The third-order valence-corrected chi connectivity index (χ3v) is 7.65. The van der Waals surface area contributed by atoms with Gasteiger partial charge < -0.3 is 4.90 Å². The SMILES string of the molecule is Cc1ccc(S(=O)(=O)N2CCN(c3nn4cc(C)nc4s3)CC2)c(C)c1. The lowest BCUT2D eigenvalue weighted by molar-refractivity contribution is 0.384. The molecule has 138 valence electrons. The zero-order valence-electron chi connectivity index (χ0n) is 15.0. The molecule has 0 amide bonds. The van der Waals surface area contributed by atoms with Crippen LogP contribution in [0.25, 0.3) is 4.96 Å². The summed E-state index contributed by atoms with van der Waals surface area (Å²) in [6.45, 7) is 7.92. The maximum atomic E-state index is 13.0. The van der Waals surface area contributed by atoms with Crippen molar-refractivity contribution in [2.45, 2.75) is 25.7 Å². The Hall–Kier alpha value is -1.97. The predicted octanol–water partition coefficient (Wildman–Crippen LogP) is 2.23. The molecule has 0 unspecified atom stereocenters. The van der Waals surface area contributed by atoms with E-state index in [1.165, 1.54) is 11.3 Å². The Morgan fingerprint density at radius 2 is 1.81 bits per heavy atom. The molecule has 1 aromatic carbocycles. The summed E-state index contributed by atoms with van der Waals surface area (Å²) in [6, 6.07) is 5.48. The number of rotatable bonds is 3. The van der Waals surface area contributed by atoms with E-state index in [0.717, 1.165) is 26.9 Å². The van der Waals surface area contributed by atoms with E-state index in [2.05, 4.69) is 15.0 Å². The minimum atomic E-state index is -3.46. The molecule has 4 rings (SSSR count). The first-order chi connectivity index (χ1) is 12.3. The van der Waals surface area contributed by atoms with Crippen LogP contribution in [0.4, 0.5) is 5.13 Å². The van der Waals surface area contributed by atoms with Crippen LogP contribution in [0.15, 0.2) is 29.3 Å². The molecule has 0 spiro atoms. The molecule has 3 aromatic rings. The Morgan fingerprint density at radius 3 is 2.46 bits per heavy atom. The maximum absolute atomic E-state index is 13.0. The second-order valence-corrected chi connectivity index (χ2v) is 9.49. The molecule has 26 heavy (non-hydrogen) atoms. The molecule has 1 fully saturated rings. The van der Waals surface area contributed by atoms with Crippen LogP contribution in [-0.4, -0.2) is 53.5 Å². The standard InChI is InChI=1S/C17H21N5O2S2/c1-12-4-5-15(13(2)10-12)26(23,24)21-8-6-20(7-9-21)17-19-22-11-14(3)18-16(22)25-17/h4-5,10-11H,6-9H2,1-3H3. The molecular weight excluding hydrogens is 370 g/mol. The molecule has 0 aliphatic carbocycles. The smallest absolute Gasteiger partial charge is 0.243 e. The molecule has 3 heterocycles. The van der Waals surface area contributed by atoms with Gasteiger partial charge in [-0.15, -0.1) is 5.10 Å². The van der Waals surface area contributed by atoms with Crippen LogP contribution in [0.1, 0.15) is 16.8 Å². The van der Waals surface area contributed by atoms with Crippen LogP contribution in [0.5, 0.6) is 0 Å². The van der Waals surface area contributed by atoms with Crippen molar-refractivity contribution < 1.29 is 8.42 Å². The third-order valence-electron chi connectivity index (χ3n) is 4.61. The molecule has 0 radical (unpaired) electrons. The van der Waals surface area contributed by atoms with Gasteiger partial charge in [-0.3, -0.25) is 0 Å². The van der Waals surface area contributed by atoms with Gasteiger partial charge in [0.2, 0.25) is 20.1 Å². The number of benzene rings is 1. The summed E-state index contributed by atoms with van der Waals surface area (Å²) in [5, 5.41) is 5.44. The van der Waals surface area contributed by atoms with Crippen molar-refractivity contribution in [2.24, 2.45) is 0 Å². The number of hydrogen-bond donors (Lipinski definition) is 0. The van der Waals surface area contributed by atoms with Crippen molar-refractivity contribution in [3.63, 3.8) is 0 Å². The zero-order valence-corrected chi connectivity index (χ0v) is 16.6. The quantitative estimate of drug-likeness (QED) is 0.685. The van der Waals surface area contributed by atoms with Crippen LogP contribution in [0, 0.1) is 20.8 Å². The first-order valence-electron chi connectivity index (χ1n) is 8.50. The van der Waals surface area contributed by atoms with Crippen LogP contribution in [0.3, 0.4) is 0 Å². The van der Waals surface area contributed by atoms with Crippen molar-refractivity contribution in [3.8, 4) is 0 Å². The number of hydrogen-bond acceptors (Lipinski definition) is 6. The first kappa shape index (κ1) is 17.4. The van der Waals surface area contributed by atoms with E-state index < -0.39 is 10.0 Å². The minimum Gasteiger partial charge on any atom is -0.344 e. The Kier molecular flexibility index (Phi) is 4.25. The van der Waals surface area contributed by atoms with Crippen LogP contribution < -0.4 is 4.90 Å². The van der Waals surface area contributed by atoms with Gasteiger partial charge in [0.15, 0.2) is 0 Å². The second kappa shape index (κ2) is 6.33. The third kappa shape index (κ3) is 3.00. The number of sulfonamides is 1. The molecule has 9 heteroatoms. The monoisotopic (exact) mass is 391 g/mol. The molecule has 1 aliphatic heterocycles. The molecule has 1 saturated heterocycles. The molecule has 1 aliphatic rings. The summed E-state index contributed by atoms with van der Waals surface area (Å²) < 4.78 is 29.3. The van der Waals surface area contributed by atoms with Crippen molar-refractivity contribution in [1.82, 2.24) is 18.9 Å². The van der Waals surface area contributed by atoms with Crippen LogP contribution in [-0.2, 0) is 10.0 Å².